The zero-order chi connectivity index (χ0) is 19.3. The van der Waals surface area contributed by atoms with E-state index in [1.54, 1.807) is 4.68 Å². The molecule has 0 saturated carbocycles. The molecule has 5 nitrogen and oxygen atoms in total. The molecule has 144 valence electrons. The Labute approximate surface area is 166 Å². The summed E-state index contributed by atoms with van der Waals surface area (Å²) in [5.41, 5.74) is 3.20. The Hall–Kier alpha value is -2.92. The van der Waals surface area contributed by atoms with Crippen molar-refractivity contribution < 1.29 is 4.79 Å². The van der Waals surface area contributed by atoms with Gasteiger partial charge in [-0.2, -0.15) is 5.10 Å². The molecule has 2 aromatic carbocycles. The number of likely N-dealkylation sites (tertiary alicyclic amines) is 1. The molecule has 1 fully saturated rings. The van der Waals surface area contributed by atoms with Crippen LogP contribution in [-0.4, -0.2) is 46.3 Å². The number of likely N-dealkylation sites (N-methyl/N-ethyl adjacent to an activating group) is 1. The van der Waals surface area contributed by atoms with Crippen LogP contribution in [0.3, 0.4) is 0 Å². The SMILES string of the molecule is CCN1CCC[C@H]1CNC(=O)c1cn(-c2ccccc2)nc1-c1ccccc1. The van der Waals surface area contributed by atoms with Gasteiger partial charge in [-0.25, -0.2) is 4.68 Å². The van der Waals surface area contributed by atoms with Crippen LogP contribution in [-0.2, 0) is 0 Å². The highest BCUT2D eigenvalue weighted by Gasteiger charge is 2.25. The van der Waals surface area contributed by atoms with E-state index < -0.39 is 0 Å². The van der Waals surface area contributed by atoms with Gasteiger partial charge in [-0.1, -0.05) is 55.5 Å². The molecule has 28 heavy (non-hydrogen) atoms. The van der Waals surface area contributed by atoms with Gasteiger partial charge < -0.3 is 5.32 Å². The van der Waals surface area contributed by atoms with E-state index in [0.717, 1.165) is 30.8 Å². The van der Waals surface area contributed by atoms with Crippen LogP contribution in [0.1, 0.15) is 30.1 Å². The van der Waals surface area contributed by atoms with Crippen LogP contribution in [0.2, 0.25) is 0 Å². The van der Waals surface area contributed by atoms with Gasteiger partial charge >= 0.3 is 0 Å². The molecule has 1 aliphatic rings. The van der Waals surface area contributed by atoms with Crippen molar-refractivity contribution in [3.63, 3.8) is 0 Å². The lowest BCUT2D eigenvalue weighted by atomic mass is 10.1. The molecule has 0 aliphatic carbocycles. The minimum Gasteiger partial charge on any atom is -0.350 e. The molecule has 4 rings (SSSR count). The fourth-order valence-corrected chi connectivity index (χ4v) is 3.91. The van der Waals surface area contributed by atoms with Gasteiger partial charge in [0.1, 0.15) is 5.69 Å². The van der Waals surface area contributed by atoms with Gasteiger partial charge in [0.15, 0.2) is 0 Å². The minimum atomic E-state index is -0.0658. The average molecular weight is 374 g/mol. The van der Waals surface area contributed by atoms with E-state index in [9.17, 15) is 4.79 Å². The maximum absolute atomic E-state index is 13.1. The van der Waals surface area contributed by atoms with Crippen LogP contribution < -0.4 is 5.32 Å². The van der Waals surface area contributed by atoms with Crippen molar-refractivity contribution in [1.82, 2.24) is 20.0 Å². The number of nitrogens with one attached hydrogen (secondary N) is 1. The van der Waals surface area contributed by atoms with Crippen molar-refractivity contribution in [2.75, 3.05) is 19.6 Å². The normalized spacial score (nSPS) is 17.0. The Morgan fingerprint density at radius 2 is 1.82 bits per heavy atom. The number of para-hydroxylation sites is 1. The largest absolute Gasteiger partial charge is 0.350 e. The number of hydrogen-bond donors (Lipinski definition) is 1. The van der Waals surface area contributed by atoms with Gasteiger partial charge in [0.2, 0.25) is 0 Å². The van der Waals surface area contributed by atoms with Crippen LogP contribution >= 0.6 is 0 Å². The van der Waals surface area contributed by atoms with E-state index in [0.29, 0.717) is 23.8 Å². The van der Waals surface area contributed by atoms with E-state index in [2.05, 4.69) is 17.1 Å². The standard InChI is InChI=1S/C23H26N4O/c1-2-26-15-9-14-20(26)16-24-23(28)21-17-27(19-12-7-4-8-13-19)25-22(21)18-10-5-3-6-11-18/h3-8,10-13,17,20H,2,9,14-16H2,1H3,(H,24,28)/t20-/m0/s1. The van der Waals surface area contributed by atoms with Crippen LogP contribution in [0.15, 0.2) is 66.9 Å². The zero-order valence-corrected chi connectivity index (χ0v) is 16.2. The number of aromatic nitrogens is 2. The third-order valence-corrected chi connectivity index (χ3v) is 5.43. The summed E-state index contributed by atoms with van der Waals surface area (Å²) in [6.07, 6.45) is 4.18. The second-order valence-corrected chi connectivity index (χ2v) is 7.17. The van der Waals surface area contributed by atoms with Gasteiger partial charge in [0.25, 0.3) is 5.91 Å². The minimum absolute atomic E-state index is 0.0658. The molecule has 1 N–H and O–H groups in total. The first kappa shape index (κ1) is 18.4. The van der Waals surface area contributed by atoms with Crippen molar-refractivity contribution in [1.29, 1.82) is 0 Å². The van der Waals surface area contributed by atoms with E-state index >= 15 is 0 Å². The van der Waals surface area contributed by atoms with Crippen LogP contribution in [0.25, 0.3) is 16.9 Å². The quantitative estimate of drug-likeness (QED) is 0.715. The lowest BCUT2D eigenvalue weighted by Gasteiger charge is -2.22. The molecule has 5 heteroatoms. The summed E-state index contributed by atoms with van der Waals surface area (Å²) in [6.45, 7) is 5.01. The number of carbonyl (C=O) groups excluding carboxylic acids is 1. The molecule has 1 aliphatic heterocycles. The van der Waals surface area contributed by atoms with Gasteiger partial charge in [-0.15, -0.1) is 0 Å². The Kier molecular flexibility index (Phi) is 5.53. The average Bonchev–Trinajstić information content (AvgIpc) is 3.40. The molecule has 2 heterocycles. The molecule has 0 spiro atoms. The molecule has 1 saturated heterocycles. The predicted octanol–water partition coefficient (Wildman–Crippen LogP) is 3.75. The first-order valence-electron chi connectivity index (χ1n) is 9.99. The third-order valence-electron chi connectivity index (χ3n) is 5.43. The first-order valence-corrected chi connectivity index (χ1v) is 9.99. The molecular formula is C23H26N4O. The molecule has 3 aromatic rings. The van der Waals surface area contributed by atoms with Crippen molar-refractivity contribution in [2.24, 2.45) is 0 Å². The molecule has 1 atom stereocenters. The maximum Gasteiger partial charge on any atom is 0.255 e. The number of nitrogens with zero attached hydrogens (tertiary/aromatic N) is 3. The topological polar surface area (TPSA) is 50.2 Å². The Bertz CT molecular complexity index is 920. The van der Waals surface area contributed by atoms with Crippen molar-refractivity contribution in [2.45, 2.75) is 25.8 Å². The smallest absolute Gasteiger partial charge is 0.255 e. The van der Waals surface area contributed by atoms with Crippen molar-refractivity contribution >= 4 is 5.91 Å². The summed E-state index contributed by atoms with van der Waals surface area (Å²) in [4.78, 5) is 15.5. The molecular weight excluding hydrogens is 348 g/mol. The highest BCUT2D eigenvalue weighted by molar-refractivity contribution is 5.99. The van der Waals surface area contributed by atoms with E-state index in [1.165, 1.54) is 6.42 Å². The number of carbonyl (C=O) groups is 1. The van der Waals surface area contributed by atoms with Gasteiger partial charge in [-0.05, 0) is 38.1 Å². The lowest BCUT2D eigenvalue weighted by Crippen LogP contribution is -2.40. The second kappa shape index (κ2) is 8.40. The van der Waals surface area contributed by atoms with Crippen LogP contribution in [0.4, 0.5) is 0 Å². The Morgan fingerprint density at radius 1 is 1.11 bits per heavy atom. The van der Waals surface area contributed by atoms with E-state index in [4.69, 9.17) is 5.10 Å². The lowest BCUT2D eigenvalue weighted by molar-refractivity contribution is 0.0942. The summed E-state index contributed by atoms with van der Waals surface area (Å²) in [6, 6.07) is 20.2. The highest BCUT2D eigenvalue weighted by Crippen LogP contribution is 2.24. The van der Waals surface area contributed by atoms with Gasteiger partial charge in [0.05, 0.1) is 11.3 Å². The van der Waals surface area contributed by atoms with Gasteiger partial charge in [0, 0.05) is 24.3 Å². The van der Waals surface area contributed by atoms with E-state index in [1.807, 2.05) is 66.9 Å². The van der Waals surface area contributed by atoms with Crippen LogP contribution in [0.5, 0.6) is 0 Å². The molecule has 0 radical (unpaired) electrons. The first-order chi connectivity index (χ1) is 13.8. The summed E-state index contributed by atoms with van der Waals surface area (Å²) < 4.78 is 1.78. The monoisotopic (exact) mass is 374 g/mol. The molecule has 1 aromatic heterocycles. The van der Waals surface area contributed by atoms with Crippen molar-refractivity contribution in [3.8, 4) is 16.9 Å². The second-order valence-electron chi connectivity index (χ2n) is 7.17. The summed E-state index contributed by atoms with van der Waals surface area (Å²) in [7, 11) is 0. The number of amides is 1. The highest BCUT2D eigenvalue weighted by atomic mass is 16.1. The van der Waals surface area contributed by atoms with Gasteiger partial charge in [-0.3, -0.25) is 9.69 Å². The Balaban J connectivity index is 1.61. The Morgan fingerprint density at radius 3 is 2.54 bits per heavy atom. The van der Waals surface area contributed by atoms with Crippen molar-refractivity contribution in [3.05, 3.63) is 72.4 Å². The predicted molar refractivity (Wildman–Crippen MR) is 112 cm³/mol. The summed E-state index contributed by atoms with van der Waals surface area (Å²) in [5, 5.41) is 7.87. The number of rotatable bonds is 6. The number of benzene rings is 2. The third kappa shape index (κ3) is 3.85. The summed E-state index contributed by atoms with van der Waals surface area (Å²) in [5.74, 6) is -0.0658. The van der Waals surface area contributed by atoms with E-state index in [-0.39, 0.29) is 5.91 Å². The maximum atomic E-state index is 13.1. The fourth-order valence-electron chi connectivity index (χ4n) is 3.91. The fraction of sp³-hybridized carbons (Fsp3) is 0.304. The summed E-state index contributed by atoms with van der Waals surface area (Å²) >= 11 is 0. The molecule has 0 unspecified atom stereocenters. The molecule has 1 amide bonds. The number of hydrogen-bond acceptors (Lipinski definition) is 3. The molecule has 0 bridgehead atoms. The van der Waals surface area contributed by atoms with Crippen LogP contribution in [0, 0.1) is 0 Å². The zero-order valence-electron chi connectivity index (χ0n) is 16.2.